The van der Waals surface area contributed by atoms with E-state index in [1.807, 2.05) is 0 Å². The third-order valence-electron chi connectivity index (χ3n) is 14.8. The summed E-state index contributed by atoms with van der Waals surface area (Å²) in [5.74, 6) is -0.863. The maximum Gasteiger partial charge on any atom is 0.306 e. The van der Waals surface area contributed by atoms with Crippen molar-refractivity contribution in [1.82, 2.24) is 0 Å². The Bertz CT molecular complexity index is 1360. The molecule has 0 aliphatic heterocycles. The van der Waals surface area contributed by atoms with Crippen LogP contribution in [0.5, 0.6) is 0 Å². The number of esters is 3. The Morgan fingerprint density at radius 2 is 0.513 bits per heavy atom. The van der Waals surface area contributed by atoms with E-state index >= 15 is 0 Å². The van der Waals surface area contributed by atoms with Crippen molar-refractivity contribution in [2.24, 2.45) is 0 Å². The maximum atomic E-state index is 12.8. The lowest BCUT2D eigenvalue weighted by molar-refractivity contribution is -0.167. The van der Waals surface area contributed by atoms with Gasteiger partial charge < -0.3 is 14.2 Å². The van der Waals surface area contributed by atoms with Gasteiger partial charge >= 0.3 is 17.9 Å². The number of rotatable bonds is 61. The minimum absolute atomic E-state index is 0.0693. The lowest BCUT2D eigenvalue weighted by Crippen LogP contribution is -2.30. The molecule has 6 heteroatoms. The number of allylic oxidation sites excluding steroid dienone is 10. The summed E-state index contributed by atoms with van der Waals surface area (Å²) >= 11 is 0. The predicted molar refractivity (Wildman–Crippen MR) is 330 cm³/mol. The van der Waals surface area contributed by atoms with Crippen LogP contribution in [0, 0.1) is 0 Å². The fraction of sp³-hybridized carbons (Fsp3) is 0.814. The Morgan fingerprint density at radius 3 is 0.803 bits per heavy atom. The molecule has 1 atom stereocenters. The summed E-state index contributed by atoms with van der Waals surface area (Å²) in [6.45, 7) is 6.50. The van der Waals surface area contributed by atoms with Crippen molar-refractivity contribution in [3.05, 3.63) is 60.8 Å². The molecule has 76 heavy (non-hydrogen) atoms. The molecule has 0 saturated carbocycles. The summed E-state index contributed by atoms with van der Waals surface area (Å²) in [5.41, 5.74) is 0. The van der Waals surface area contributed by atoms with Crippen molar-refractivity contribution < 1.29 is 28.6 Å². The number of carbonyl (C=O) groups is 3. The number of carbonyl (C=O) groups excluding carboxylic acids is 3. The first kappa shape index (κ1) is 73.1. The van der Waals surface area contributed by atoms with Crippen LogP contribution >= 0.6 is 0 Å². The van der Waals surface area contributed by atoms with Gasteiger partial charge in [-0.3, -0.25) is 14.4 Å². The lowest BCUT2D eigenvalue weighted by Gasteiger charge is -2.18. The van der Waals surface area contributed by atoms with E-state index in [2.05, 4.69) is 81.5 Å². The van der Waals surface area contributed by atoms with Gasteiger partial charge in [-0.25, -0.2) is 0 Å². The van der Waals surface area contributed by atoms with E-state index in [1.54, 1.807) is 0 Å². The Morgan fingerprint density at radius 1 is 0.276 bits per heavy atom. The van der Waals surface area contributed by atoms with Gasteiger partial charge in [0, 0.05) is 19.3 Å². The fourth-order valence-corrected chi connectivity index (χ4v) is 9.83. The van der Waals surface area contributed by atoms with E-state index in [0.29, 0.717) is 19.3 Å². The first-order valence-corrected chi connectivity index (χ1v) is 33.3. The predicted octanol–water partition coefficient (Wildman–Crippen LogP) is 22.7. The molecule has 0 aliphatic rings. The van der Waals surface area contributed by atoms with Gasteiger partial charge in [-0.2, -0.15) is 0 Å². The maximum absolute atomic E-state index is 12.8. The molecule has 0 aromatic carbocycles. The largest absolute Gasteiger partial charge is 0.462 e. The summed E-state index contributed by atoms with van der Waals surface area (Å²) in [6.07, 6.45) is 82.9. The highest BCUT2D eigenvalue weighted by Gasteiger charge is 2.19. The van der Waals surface area contributed by atoms with Gasteiger partial charge in [0.15, 0.2) is 6.10 Å². The van der Waals surface area contributed by atoms with Crippen molar-refractivity contribution in [3.8, 4) is 0 Å². The van der Waals surface area contributed by atoms with Crippen LogP contribution in [0.4, 0.5) is 0 Å². The van der Waals surface area contributed by atoms with Crippen molar-refractivity contribution >= 4 is 17.9 Å². The molecule has 0 aliphatic carbocycles. The first-order chi connectivity index (χ1) is 37.5. The molecule has 6 nitrogen and oxygen atoms in total. The number of hydrogen-bond donors (Lipinski definition) is 0. The highest BCUT2D eigenvalue weighted by molar-refractivity contribution is 5.71. The van der Waals surface area contributed by atoms with Crippen LogP contribution in [0.3, 0.4) is 0 Å². The van der Waals surface area contributed by atoms with Crippen molar-refractivity contribution in [2.75, 3.05) is 13.2 Å². The fourth-order valence-electron chi connectivity index (χ4n) is 9.83. The Hall–Kier alpha value is -2.89. The zero-order chi connectivity index (χ0) is 55.0. The standard InChI is InChI=1S/C70H126O6/c1-4-7-10-13-15-17-19-21-23-25-27-29-31-32-33-34-35-36-37-38-39-41-42-44-46-48-50-52-54-57-60-63-69(72)75-66-67(65-74-68(71)62-59-56-12-9-6-3)76-70(73)64-61-58-55-53-51-49-47-45-43-40-30-28-26-24-22-20-18-16-14-11-8-5-2/h7,10,15,17,21,23,27,29,32-33,67H,4-6,8-9,11-14,16,18-20,22,24-26,28,30-31,34-66H2,1-3H3/b10-7-,17-15-,23-21-,29-27-,33-32-. The molecule has 0 bridgehead atoms. The first-order valence-electron chi connectivity index (χ1n) is 33.3. The van der Waals surface area contributed by atoms with Crippen molar-refractivity contribution in [1.29, 1.82) is 0 Å². The van der Waals surface area contributed by atoms with E-state index in [9.17, 15) is 14.4 Å². The highest BCUT2D eigenvalue weighted by atomic mass is 16.6. The molecule has 0 heterocycles. The van der Waals surface area contributed by atoms with Gasteiger partial charge in [0.05, 0.1) is 0 Å². The Kier molecular flexibility index (Phi) is 62.2. The van der Waals surface area contributed by atoms with Gasteiger partial charge in [-0.15, -0.1) is 0 Å². The van der Waals surface area contributed by atoms with E-state index < -0.39 is 6.10 Å². The normalized spacial score (nSPS) is 12.4. The van der Waals surface area contributed by atoms with Crippen LogP contribution in [0.15, 0.2) is 60.8 Å². The minimum Gasteiger partial charge on any atom is -0.462 e. The average molecular weight is 1060 g/mol. The number of hydrogen-bond acceptors (Lipinski definition) is 6. The van der Waals surface area contributed by atoms with Crippen LogP contribution in [0.2, 0.25) is 0 Å². The molecule has 442 valence electrons. The third kappa shape index (κ3) is 62.0. The third-order valence-corrected chi connectivity index (χ3v) is 14.8. The summed E-state index contributed by atoms with van der Waals surface area (Å²) in [7, 11) is 0. The molecular weight excluding hydrogens is 937 g/mol. The quantitative estimate of drug-likeness (QED) is 0.0261. The van der Waals surface area contributed by atoms with Gasteiger partial charge in [0.25, 0.3) is 0 Å². The van der Waals surface area contributed by atoms with E-state index in [1.165, 1.54) is 212 Å². The van der Waals surface area contributed by atoms with Gasteiger partial charge in [0.1, 0.15) is 13.2 Å². The van der Waals surface area contributed by atoms with E-state index in [4.69, 9.17) is 14.2 Å². The molecular formula is C70H126O6. The molecule has 0 fully saturated rings. The summed E-state index contributed by atoms with van der Waals surface area (Å²) in [4.78, 5) is 38.0. The minimum atomic E-state index is -0.767. The summed E-state index contributed by atoms with van der Waals surface area (Å²) in [6, 6.07) is 0. The highest BCUT2D eigenvalue weighted by Crippen LogP contribution is 2.18. The van der Waals surface area contributed by atoms with Crippen LogP contribution in [0.1, 0.15) is 348 Å². The van der Waals surface area contributed by atoms with Crippen molar-refractivity contribution in [3.63, 3.8) is 0 Å². The second-order valence-electron chi connectivity index (χ2n) is 22.4. The van der Waals surface area contributed by atoms with Crippen LogP contribution in [-0.4, -0.2) is 37.2 Å². The van der Waals surface area contributed by atoms with E-state index in [0.717, 1.165) is 96.3 Å². The number of unbranched alkanes of at least 4 members (excludes halogenated alkanes) is 40. The summed E-state index contributed by atoms with van der Waals surface area (Å²) < 4.78 is 16.8. The zero-order valence-electron chi connectivity index (χ0n) is 50.8. The Labute approximate surface area is 472 Å². The SMILES string of the molecule is CC/C=C\C/C=C\C/C=C\C/C=C\C/C=C\CCCCCCCCCCCCCCCCCC(=O)OCC(COC(=O)CCCCCCC)OC(=O)CCCCCCCCCCCCCCCCCCCCCCCC. The Balaban J connectivity index is 3.96. The number of ether oxygens (including phenoxy) is 3. The van der Waals surface area contributed by atoms with Crippen molar-refractivity contribution in [2.45, 2.75) is 354 Å². The molecule has 0 rings (SSSR count). The molecule has 0 N–H and O–H groups in total. The summed E-state index contributed by atoms with van der Waals surface area (Å²) in [5, 5.41) is 0. The molecule has 0 aromatic rings. The van der Waals surface area contributed by atoms with Gasteiger partial charge in [-0.05, 0) is 64.2 Å². The van der Waals surface area contributed by atoms with Crippen LogP contribution in [0.25, 0.3) is 0 Å². The second-order valence-corrected chi connectivity index (χ2v) is 22.4. The van der Waals surface area contributed by atoms with E-state index in [-0.39, 0.29) is 31.1 Å². The molecule has 0 radical (unpaired) electrons. The zero-order valence-corrected chi connectivity index (χ0v) is 50.8. The monoisotopic (exact) mass is 1060 g/mol. The van der Waals surface area contributed by atoms with Gasteiger partial charge in [-0.1, -0.05) is 326 Å². The molecule has 0 saturated heterocycles. The lowest BCUT2D eigenvalue weighted by atomic mass is 10.0. The van der Waals surface area contributed by atoms with Crippen LogP contribution in [-0.2, 0) is 28.6 Å². The van der Waals surface area contributed by atoms with Crippen LogP contribution < -0.4 is 0 Å². The molecule has 0 aromatic heterocycles. The molecule has 0 spiro atoms. The topological polar surface area (TPSA) is 78.9 Å². The average Bonchev–Trinajstić information content (AvgIpc) is 3.42. The molecule has 1 unspecified atom stereocenters. The van der Waals surface area contributed by atoms with Gasteiger partial charge in [0.2, 0.25) is 0 Å². The molecule has 0 amide bonds. The second kappa shape index (κ2) is 64.6. The smallest absolute Gasteiger partial charge is 0.306 e.